The Morgan fingerprint density at radius 1 is 1.25 bits per heavy atom. The normalized spacial score (nSPS) is 30.9. The first-order valence-electron chi connectivity index (χ1n) is 10.1. The number of hydrogen-bond donors (Lipinski definition) is 1. The van der Waals surface area contributed by atoms with Gasteiger partial charge in [0.15, 0.2) is 0 Å². The van der Waals surface area contributed by atoms with Gasteiger partial charge in [-0.25, -0.2) is 13.6 Å². The summed E-state index contributed by atoms with van der Waals surface area (Å²) in [6, 6.07) is 6.92. The highest BCUT2D eigenvalue weighted by molar-refractivity contribution is 5.76. The second-order valence-corrected chi connectivity index (χ2v) is 8.32. The van der Waals surface area contributed by atoms with Crippen molar-refractivity contribution in [2.45, 2.75) is 63.1 Å². The van der Waals surface area contributed by atoms with Crippen LogP contribution in [0.25, 0.3) is 0 Å². The molecule has 2 amide bonds. The van der Waals surface area contributed by atoms with Crippen LogP contribution in [0.2, 0.25) is 0 Å². The largest absolute Gasteiger partial charge is 0.494 e. The zero-order valence-electron chi connectivity index (χ0n) is 16.4. The minimum Gasteiger partial charge on any atom is -0.494 e. The van der Waals surface area contributed by atoms with Gasteiger partial charge in [0.25, 0.3) is 5.92 Å². The van der Waals surface area contributed by atoms with Gasteiger partial charge in [-0.05, 0) is 50.3 Å². The van der Waals surface area contributed by atoms with Crippen molar-refractivity contribution in [3.8, 4) is 5.75 Å². The van der Waals surface area contributed by atoms with Crippen molar-refractivity contribution in [3.05, 3.63) is 29.8 Å². The number of carbonyl (C=O) groups is 1. The molecule has 1 spiro atoms. The quantitative estimate of drug-likeness (QED) is 0.789. The summed E-state index contributed by atoms with van der Waals surface area (Å²) in [7, 11) is 1.59. The Kier molecular flexibility index (Phi) is 4.98. The number of piperidine rings is 1. The van der Waals surface area contributed by atoms with E-state index in [9.17, 15) is 13.6 Å². The van der Waals surface area contributed by atoms with E-state index >= 15 is 0 Å². The molecule has 3 unspecified atom stereocenters. The van der Waals surface area contributed by atoms with Gasteiger partial charge in [-0.3, -0.25) is 0 Å². The molecule has 2 saturated heterocycles. The number of alkyl halides is 2. The smallest absolute Gasteiger partial charge is 0.318 e. The third-order valence-electron chi connectivity index (χ3n) is 6.54. The molecule has 5 nitrogen and oxygen atoms in total. The maximum absolute atomic E-state index is 13.8. The number of carbonyl (C=O) groups excluding carboxylic acids is 1. The van der Waals surface area contributed by atoms with Crippen LogP contribution in [0.5, 0.6) is 5.75 Å². The van der Waals surface area contributed by atoms with Gasteiger partial charge in [0, 0.05) is 31.0 Å². The van der Waals surface area contributed by atoms with E-state index in [1.54, 1.807) is 7.11 Å². The first-order chi connectivity index (χ1) is 13.4. The molecule has 1 aliphatic carbocycles. The van der Waals surface area contributed by atoms with E-state index in [-0.39, 0.29) is 30.6 Å². The molecule has 0 radical (unpaired) electrons. The van der Waals surface area contributed by atoms with Crippen LogP contribution in [-0.2, 0) is 4.74 Å². The number of rotatable bonds is 6. The highest BCUT2D eigenvalue weighted by atomic mass is 19.3. The summed E-state index contributed by atoms with van der Waals surface area (Å²) in [5.74, 6) is -1.77. The van der Waals surface area contributed by atoms with Crippen molar-refractivity contribution in [1.29, 1.82) is 0 Å². The molecule has 1 saturated carbocycles. The number of fused-ring (bicyclic) bond motifs is 2. The molecule has 3 aliphatic rings. The Bertz CT molecular complexity index is 711. The number of amides is 2. The topological polar surface area (TPSA) is 50.8 Å². The average molecular weight is 394 g/mol. The van der Waals surface area contributed by atoms with E-state index in [0.29, 0.717) is 26.1 Å². The summed E-state index contributed by atoms with van der Waals surface area (Å²) in [6.07, 6.45) is 2.45. The molecule has 2 aliphatic heterocycles. The summed E-state index contributed by atoms with van der Waals surface area (Å²) < 4.78 is 38.5. The molecular formula is C21H28F2N2O3. The highest BCUT2D eigenvalue weighted by Gasteiger charge is 2.74. The second kappa shape index (κ2) is 7.17. The predicted octanol–water partition coefficient (Wildman–Crippen LogP) is 4.13. The van der Waals surface area contributed by atoms with Crippen molar-refractivity contribution in [2.75, 3.05) is 20.3 Å². The minimum atomic E-state index is -2.54. The Morgan fingerprint density at radius 2 is 1.86 bits per heavy atom. The van der Waals surface area contributed by atoms with Crippen molar-refractivity contribution in [2.24, 2.45) is 5.41 Å². The Labute approximate surface area is 164 Å². The van der Waals surface area contributed by atoms with Gasteiger partial charge in [0.05, 0.1) is 19.3 Å². The zero-order chi connectivity index (χ0) is 19.9. The fourth-order valence-corrected chi connectivity index (χ4v) is 5.08. The predicted molar refractivity (Wildman–Crippen MR) is 101 cm³/mol. The number of methoxy groups -OCH3 is 1. The first-order valence-corrected chi connectivity index (χ1v) is 10.1. The third kappa shape index (κ3) is 3.34. The molecule has 4 rings (SSSR count). The van der Waals surface area contributed by atoms with Crippen LogP contribution >= 0.6 is 0 Å². The summed E-state index contributed by atoms with van der Waals surface area (Å²) in [4.78, 5) is 14.8. The van der Waals surface area contributed by atoms with E-state index < -0.39 is 11.3 Å². The summed E-state index contributed by atoms with van der Waals surface area (Å²) in [5.41, 5.74) is 0.0737. The van der Waals surface area contributed by atoms with E-state index in [0.717, 1.165) is 24.2 Å². The number of halogens is 2. The summed E-state index contributed by atoms with van der Waals surface area (Å²) in [5, 5.41) is 3.06. The molecule has 3 atom stereocenters. The molecule has 28 heavy (non-hydrogen) atoms. The molecule has 7 heteroatoms. The SMILES string of the molecule is CCOc1ccc(C(COC)NC(=O)N2C3CCC2CC2(C3)CC2(F)F)cc1. The molecule has 1 N–H and O–H groups in total. The third-order valence-corrected chi connectivity index (χ3v) is 6.54. The molecule has 154 valence electrons. The van der Waals surface area contributed by atoms with Crippen molar-refractivity contribution in [1.82, 2.24) is 10.2 Å². The van der Waals surface area contributed by atoms with Gasteiger partial charge < -0.3 is 19.7 Å². The van der Waals surface area contributed by atoms with E-state index in [2.05, 4.69) is 5.32 Å². The van der Waals surface area contributed by atoms with E-state index in [1.807, 2.05) is 36.1 Å². The lowest BCUT2D eigenvalue weighted by atomic mass is 9.87. The first kappa shape index (κ1) is 19.4. The average Bonchev–Trinajstić information content (AvgIpc) is 3.04. The highest BCUT2D eigenvalue weighted by Crippen LogP contribution is 2.69. The van der Waals surface area contributed by atoms with Crippen LogP contribution < -0.4 is 10.1 Å². The lowest BCUT2D eigenvalue weighted by Crippen LogP contribution is -2.53. The van der Waals surface area contributed by atoms with Crippen molar-refractivity contribution in [3.63, 3.8) is 0 Å². The van der Waals surface area contributed by atoms with Crippen molar-refractivity contribution >= 4 is 6.03 Å². The van der Waals surface area contributed by atoms with Crippen LogP contribution in [0.3, 0.4) is 0 Å². The number of ether oxygens (including phenoxy) is 2. The van der Waals surface area contributed by atoms with Crippen LogP contribution in [0, 0.1) is 5.41 Å². The Hall–Kier alpha value is -1.89. The van der Waals surface area contributed by atoms with Gasteiger partial charge in [-0.2, -0.15) is 0 Å². The van der Waals surface area contributed by atoms with Crippen molar-refractivity contribution < 1.29 is 23.0 Å². The molecule has 0 aromatic heterocycles. The molecule has 2 heterocycles. The van der Waals surface area contributed by atoms with Gasteiger partial charge in [-0.1, -0.05) is 12.1 Å². The summed E-state index contributed by atoms with van der Waals surface area (Å²) >= 11 is 0. The fourth-order valence-electron chi connectivity index (χ4n) is 5.08. The molecule has 3 fully saturated rings. The molecule has 1 aromatic rings. The lowest BCUT2D eigenvalue weighted by molar-refractivity contribution is 0.0162. The fraction of sp³-hybridized carbons (Fsp3) is 0.667. The van der Waals surface area contributed by atoms with Gasteiger partial charge in [0.1, 0.15) is 5.75 Å². The zero-order valence-corrected chi connectivity index (χ0v) is 16.4. The Balaban J connectivity index is 1.44. The van der Waals surface area contributed by atoms with Crippen LogP contribution in [0.4, 0.5) is 13.6 Å². The monoisotopic (exact) mass is 394 g/mol. The number of benzene rings is 1. The number of nitrogens with zero attached hydrogens (tertiary/aromatic N) is 1. The lowest BCUT2D eigenvalue weighted by Gasteiger charge is -2.40. The van der Waals surface area contributed by atoms with Crippen LogP contribution in [0.1, 0.15) is 50.6 Å². The number of urea groups is 1. The van der Waals surface area contributed by atoms with Crippen LogP contribution in [0.15, 0.2) is 24.3 Å². The number of nitrogens with one attached hydrogen (secondary N) is 1. The Morgan fingerprint density at radius 3 is 2.36 bits per heavy atom. The molecule has 1 aromatic carbocycles. The van der Waals surface area contributed by atoms with Crippen LogP contribution in [-0.4, -0.2) is 49.3 Å². The maximum Gasteiger partial charge on any atom is 0.318 e. The molecular weight excluding hydrogens is 366 g/mol. The van der Waals surface area contributed by atoms with E-state index in [1.165, 1.54) is 0 Å². The maximum atomic E-state index is 13.8. The number of hydrogen-bond acceptors (Lipinski definition) is 3. The standard InChI is InChI=1S/C21H28F2N2O3/c1-3-28-17-8-4-14(5-9-17)18(12-27-2)24-19(26)25-15-6-7-16(25)11-20(10-15)13-21(20,22)23/h4-5,8-9,15-16,18H,3,6-7,10-13H2,1-2H3,(H,24,26). The van der Waals surface area contributed by atoms with Gasteiger partial charge in [0.2, 0.25) is 0 Å². The minimum absolute atomic E-state index is 0.0130. The van der Waals surface area contributed by atoms with Gasteiger partial charge in [-0.15, -0.1) is 0 Å². The summed E-state index contributed by atoms with van der Waals surface area (Å²) in [6.45, 7) is 2.86. The van der Waals surface area contributed by atoms with Gasteiger partial charge >= 0.3 is 6.03 Å². The van der Waals surface area contributed by atoms with E-state index in [4.69, 9.17) is 9.47 Å². The molecule has 2 bridgehead atoms. The second-order valence-electron chi connectivity index (χ2n) is 8.32.